The maximum Gasteiger partial charge on any atom is 0.416 e. The predicted octanol–water partition coefficient (Wildman–Crippen LogP) is 3.83. The molecule has 1 aliphatic rings. The minimum absolute atomic E-state index is 0.0670. The molecular weight excluding hydrogens is 262 g/mol. The summed E-state index contributed by atoms with van der Waals surface area (Å²) < 4.78 is 56.4. The third-order valence-corrected chi connectivity index (χ3v) is 3.09. The molecule has 0 amide bonds. The fourth-order valence-corrected chi connectivity index (χ4v) is 2.03. The van der Waals surface area contributed by atoms with Crippen molar-refractivity contribution in [2.75, 3.05) is 18.5 Å². The van der Waals surface area contributed by atoms with Gasteiger partial charge in [0.15, 0.2) is 0 Å². The molecule has 1 unspecified atom stereocenters. The van der Waals surface area contributed by atoms with Gasteiger partial charge < -0.3 is 10.1 Å². The summed E-state index contributed by atoms with van der Waals surface area (Å²) in [6, 6.07) is 2.35. The van der Waals surface area contributed by atoms with Gasteiger partial charge in [-0.15, -0.1) is 0 Å². The molecule has 0 aliphatic carbocycles. The normalized spacial score (nSPS) is 20.3. The van der Waals surface area contributed by atoms with Crippen molar-refractivity contribution < 1.29 is 22.3 Å². The van der Waals surface area contributed by atoms with E-state index >= 15 is 0 Å². The number of halogens is 4. The molecule has 0 bridgehead atoms. The zero-order valence-electron chi connectivity index (χ0n) is 10.3. The van der Waals surface area contributed by atoms with Gasteiger partial charge >= 0.3 is 6.18 Å². The van der Waals surface area contributed by atoms with Gasteiger partial charge in [-0.05, 0) is 37.5 Å². The molecule has 1 atom stereocenters. The Morgan fingerprint density at radius 2 is 2.05 bits per heavy atom. The van der Waals surface area contributed by atoms with Crippen LogP contribution in [-0.4, -0.2) is 19.3 Å². The van der Waals surface area contributed by atoms with Crippen LogP contribution in [-0.2, 0) is 10.9 Å². The van der Waals surface area contributed by atoms with Crippen LogP contribution in [0.3, 0.4) is 0 Å². The Morgan fingerprint density at radius 3 is 2.68 bits per heavy atom. The van der Waals surface area contributed by atoms with E-state index in [0.717, 1.165) is 37.5 Å². The number of ether oxygens (including phenoxy) is 1. The van der Waals surface area contributed by atoms with Crippen LogP contribution in [0.25, 0.3) is 0 Å². The molecule has 1 aromatic rings. The predicted molar refractivity (Wildman–Crippen MR) is 63.5 cm³/mol. The molecule has 106 valence electrons. The van der Waals surface area contributed by atoms with E-state index in [9.17, 15) is 17.6 Å². The molecule has 1 saturated heterocycles. The van der Waals surface area contributed by atoms with Gasteiger partial charge in [0.05, 0.1) is 17.4 Å². The largest absolute Gasteiger partial charge is 0.416 e. The zero-order chi connectivity index (χ0) is 13.9. The lowest BCUT2D eigenvalue weighted by Gasteiger charge is -2.23. The molecule has 0 spiro atoms. The summed E-state index contributed by atoms with van der Waals surface area (Å²) in [5, 5.41) is 2.70. The SMILES string of the molecule is Fc1ccc(C(F)(F)F)cc1NCC1CCCCO1. The topological polar surface area (TPSA) is 21.3 Å². The van der Waals surface area contributed by atoms with E-state index in [1.54, 1.807) is 0 Å². The minimum Gasteiger partial charge on any atom is -0.380 e. The Kier molecular flexibility index (Phi) is 4.29. The third kappa shape index (κ3) is 3.83. The number of nitrogens with one attached hydrogen (secondary N) is 1. The molecule has 2 rings (SSSR count). The van der Waals surface area contributed by atoms with Crippen molar-refractivity contribution in [3.05, 3.63) is 29.6 Å². The molecule has 6 heteroatoms. The molecule has 0 aromatic heterocycles. The van der Waals surface area contributed by atoms with Crippen LogP contribution in [0.2, 0.25) is 0 Å². The van der Waals surface area contributed by atoms with E-state index in [1.165, 1.54) is 0 Å². The molecule has 1 fully saturated rings. The lowest BCUT2D eigenvalue weighted by molar-refractivity contribution is -0.137. The number of hydrogen-bond acceptors (Lipinski definition) is 2. The number of anilines is 1. The Labute approximate surface area is 108 Å². The fraction of sp³-hybridized carbons (Fsp3) is 0.538. The van der Waals surface area contributed by atoms with Gasteiger partial charge in [-0.1, -0.05) is 0 Å². The molecule has 1 heterocycles. The van der Waals surface area contributed by atoms with E-state index in [0.29, 0.717) is 13.2 Å². The number of rotatable bonds is 3. The third-order valence-electron chi connectivity index (χ3n) is 3.09. The number of hydrogen-bond donors (Lipinski definition) is 1. The highest BCUT2D eigenvalue weighted by Crippen LogP contribution is 2.31. The molecule has 0 saturated carbocycles. The monoisotopic (exact) mass is 277 g/mol. The van der Waals surface area contributed by atoms with Crippen molar-refractivity contribution in [1.29, 1.82) is 0 Å². The van der Waals surface area contributed by atoms with Gasteiger partial charge in [0, 0.05) is 13.2 Å². The van der Waals surface area contributed by atoms with Gasteiger partial charge in [0.25, 0.3) is 0 Å². The van der Waals surface area contributed by atoms with Crippen molar-refractivity contribution in [2.45, 2.75) is 31.5 Å². The first-order valence-corrected chi connectivity index (χ1v) is 6.19. The van der Waals surface area contributed by atoms with Crippen LogP contribution in [0, 0.1) is 5.82 Å². The van der Waals surface area contributed by atoms with Gasteiger partial charge in [0.1, 0.15) is 5.82 Å². The molecular formula is C13H15F4NO. The maximum absolute atomic E-state index is 13.4. The molecule has 1 aliphatic heterocycles. The summed E-state index contributed by atoms with van der Waals surface area (Å²) in [6.45, 7) is 0.968. The van der Waals surface area contributed by atoms with Gasteiger partial charge in [-0.2, -0.15) is 13.2 Å². The van der Waals surface area contributed by atoms with E-state index in [1.807, 2.05) is 0 Å². The lowest BCUT2D eigenvalue weighted by atomic mass is 10.1. The number of benzene rings is 1. The Hall–Kier alpha value is -1.30. The Bertz CT molecular complexity index is 427. The Balaban J connectivity index is 2.02. The first-order chi connectivity index (χ1) is 8.97. The van der Waals surface area contributed by atoms with E-state index in [4.69, 9.17) is 4.74 Å². The average Bonchev–Trinajstić information content (AvgIpc) is 2.37. The fourth-order valence-electron chi connectivity index (χ4n) is 2.03. The summed E-state index contributed by atoms with van der Waals surface area (Å²) in [7, 11) is 0. The van der Waals surface area contributed by atoms with Crippen LogP contribution in [0.5, 0.6) is 0 Å². The quantitative estimate of drug-likeness (QED) is 0.848. The van der Waals surface area contributed by atoms with Crippen molar-refractivity contribution in [1.82, 2.24) is 0 Å². The summed E-state index contributed by atoms with van der Waals surface area (Å²) in [5.41, 5.74) is -0.995. The van der Waals surface area contributed by atoms with Crippen LogP contribution in [0.15, 0.2) is 18.2 Å². The highest BCUT2D eigenvalue weighted by molar-refractivity contribution is 5.48. The lowest BCUT2D eigenvalue weighted by Crippen LogP contribution is -2.27. The van der Waals surface area contributed by atoms with Gasteiger partial charge in [-0.3, -0.25) is 0 Å². The Morgan fingerprint density at radius 1 is 1.26 bits per heavy atom. The molecule has 19 heavy (non-hydrogen) atoms. The van der Waals surface area contributed by atoms with Crippen LogP contribution in [0.4, 0.5) is 23.2 Å². The van der Waals surface area contributed by atoms with Crippen LogP contribution >= 0.6 is 0 Å². The van der Waals surface area contributed by atoms with Crippen LogP contribution in [0.1, 0.15) is 24.8 Å². The molecule has 2 nitrogen and oxygen atoms in total. The highest BCUT2D eigenvalue weighted by Gasteiger charge is 2.31. The smallest absolute Gasteiger partial charge is 0.380 e. The van der Waals surface area contributed by atoms with Gasteiger partial charge in [0.2, 0.25) is 0 Å². The first kappa shape index (κ1) is 14.1. The highest BCUT2D eigenvalue weighted by atomic mass is 19.4. The standard InChI is InChI=1S/C13H15F4NO/c14-11-5-4-9(13(15,16)17)7-12(11)18-8-10-3-1-2-6-19-10/h4-5,7,10,18H,1-3,6,8H2. The maximum atomic E-state index is 13.4. The van der Waals surface area contributed by atoms with Crippen molar-refractivity contribution >= 4 is 5.69 Å². The zero-order valence-corrected chi connectivity index (χ0v) is 10.3. The van der Waals surface area contributed by atoms with Crippen molar-refractivity contribution in [3.63, 3.8) is 0 Å². The second-order valence-electron chi connectivity index (χ2n) is 4.56. The first-order valence-electron chi connectivity index (χ1n) is 6.19. The van der Waals surface area contributed by atoms with Crippen LogP contribution < -0.4 is 5.32 Å². The summed E-state index contributed by atoms with van der Waals surface area (Å²) in [5.74, 6) is -0.691. The second-order valence-corrected chi connectivity index (χ2v) is 4.56. The van der Waals surface area contributed by atoms with Crippen molar-refractivity contribution in [3.8, 4) is 0 Å². The van der Waals surface area contributed by atoms with Gasteiger partial charge in [-0.25, -0.2) is 4.39 Å². The minimum atomic E-state index is -4.47. The average molecular weight is 277 g/mol. The molecule has 0 radical (unpaired) electrons. The number of alkyl halides is 3. The second kappa shape index (κ2) is 5.77. The summed E-state index contributed by atoms with van der Waals surface area (Å²) >= 11 is 0. The molecule has 1 aromatic carbocycles. The van der Waals surface area contributed by atoms with E-state index < -0.39 is 17.6 Å². The van der Waals surface area contributed by atoms with E-state index in [-0.39, 0.29) is 11.8 Å². The van der Waals surface area contributed by atoms with E-state index in [2.05, 4.69) is 5.32 Å². The molecule has 1 N–H and O–H groups in total. The summed E-state index contributed by atoms with van der Waals surface area (Å²) in [4.78, 5) is 0. The van der Waals surface area contributed by atoms with Crippen molar-refractivity contribution in [2.24, 2.45) is 0 Å². The summed E-state index contributed by atoms with van der Waals surface area (Å²) in [6.07, 6.45) is -1.67.